The molecular weight excluding hydrogens is 617 g/mol. The summed E-state index contributed by atoms with van der Waals surface area (Å²) in [5.41, 5.74) is 6.37. The van der Waals surface area contributed by atoms with Crippen molar-refractivity contribution in [3.8, 4) is 55.6 Å². The molecule has 51 heavy (non-hydrogen) atoms. The number of furan rings is 1. The van der Waals surface area contributed by atoms with E-state index < -0.39 is 84.1 Å². The van der Waals surface area contributed by atoms with Gasteiger partial charge in [0.2, 0.25) is 0 Å². The van der Waals surface area contributed by atoms with E-state index in [-0.39, 0.29) is 32.7 Å². The molecule has 0 aliphatic carbocycles. The van der Waals surface area contributed by atoms with E-state index in [1.807, 2.05) is 60.7 Å². The number of fused-ring (bicyclic) bond motifs is 5. The molecule has 0 bridgehead atoms. The van der Waals surface area contributed by atoms with Crippen LogP contribution < -0.4 is 0 Å². The Hall–Kier alpha value is -6.70. The molecule has 238 valence electrons. The van der Waals surface area contributed by atoms with Gasteiger partial charge in [0, 0.05) is 10.8 Å². The van der Waals surface area contributed by atoms with Crippen molar-refractivity contribution in [3.05, 3.63) is 194 Å². The molecule has 1 heterocycles. The highest BCUT2D eigenvalue weighted by atomic mass is 16.3. The molecule has 0 aliphatic heterocycles. The van der Waals surface area contributed by atoms with Crippen molar-refractivity contribution >= 4 is 43.5 Å². The van der Waals surface area contributed by atoms with Crippen molar-refractivity contribution in [2.75, 3.05) is 0 Å². The summed E-state index contributed by atoms with van der Waals surface area (Å²) >= 11 is 0. The second-order valence-corrected chi connectivity index (χ2v) is 12.2. The van der Waals surface area contributed by atoms with Crippen molar-refractivity contribution in [1.82, 2.24) is 0 Å². The molecule has 1 aromatic heterocycles. The minimum absolute atomic E-state index is 0.0396. The van der Waals surface area contributed by atoms with Gasteiger partial charge in [-0.05, 0) is 95.4 Å². The molecule has 0 atom stereocenters. The maximum Gasteiger partial charge on any atom is 0.136 e. The lowest BCUT2D eigenvalue weighted by molar-refractivity contribution is 0.669. The van der Waals surface area contributed by atoms with Crippen molar-refractivity contribution in [1.29, 1.82) is 0 Å². The van der Waals surface area contributed by atoms with Crippen LogP contribution in [0.15, 0.2) is 198 Å². The first-order chi connectivity index (χ1) is 30.7. The van der Waals surface area contributed by atoms with E-state index in [4.69, 9.17) is 16.8 Å². The van der Waals surface area contributed by atoms with Gasteiger partial charge in [-0.15, -0.1) is 0 Å². The monoisotopic (exact) mass is 661 g/mol. The minimum atomic E-state index is -0.723. The Bertz CT molecular complexity index is 3530. The van der Waals surface area contributed by atoms with Crippen LogP contribution in [0, 0.1) is 0 Å². The van der Waals surface area contributed by atoms with Crippen LogP contribution in [0.1, 0.15) is 17.8 Å². The number of benzene rings is 9. The van der Waals surface area contributed by atoms with Gasteiger partial charge >= 0.3 is 0 Å². The molecule has 0 saturated heterocycles. The van der Waals surface area contributed by atoms with E-state index in [9.17, 15) is 5.48 Å². The molecule has 0 aliphatic rings. The molecule has 0 unspecified atom stereocenters. The second kappa shape index (κ2) is 12.0. The molecule has 0 amide bonds. The zero-order valence-electron chi connectivity index (χ0n) is 39.9. The van der Waals surface area contributed by atoms with Crippen molar-refractivity contribution in [3.63, 3.8) is 0 Å². The Labute approximate surface area is 315 Å². The average Bonchev–Trinajstić information content (AvgIpc) is 3.70. The number of hydrogen-bond donors (Lipinski definition) is 0. The molecule has 1 heteroatoms. The molecule has 0 N–H and O–H groups in total. The van der Waals surface area contributed by atoms with E-state index in [0.717, 1.165) is 33.4 Å². The van der Waals surface area contributed by atoms with E-state index >= 15 is 0 Å². The first-order valence-corrected chi connectivity index (χ1v) is 16.4. The Morgan fingerprint density at radius 1 is 0.333 bits per heavy atom. The van der Waals surface area contributed by atoms with Crippen LogP contribution in [0.3, 0.4) is 0 Å². The lowest BCUT2D eigenvalue weighted by atomic mass is 9.85. The van der Waals surface area contributed by atoms with E-state index in [1.54, 1.807) is 18.2 Å². The van der Waals surface area contributed by atoms with Crippen LogP contribution in [0.5, 0.6) is 0 Å². The highest BCUT2D eigenvalue weighted by molar-refractivity contribution is 6.25. The third kappa shape index (κ3) is 4.86. The molecular formula is C50H32O. The summed E-state index contributed by atoms with van der Waals surface area (Å²) in [7, 11) is 0. The third-order valence-corrected chi connectivity index (χ3v) is 9.43. The van der Waals surface area contributed by atoms with E-state index in [1.165, 1.54) is 0 Å². The maximum atomic E-state index is 9.44. The second-order valence-electron chi connectivity index (χ2n) is 12.2. The number of hydrogen-bond acceptors (Lipinski definition) is 1. The topological polar surface area (TPSA) is 13.1 Å². The first-order valence-electron chi connectivity index (χ1n) is 22.9. The predicted octanol–water partition coefficient (Wildman–Crippen LogP) is 14.2. The molecule has 10 rings (SSSR count). The Morgan fingerprint density at radius 3 is 1.55 bits per heavy atom. The summed E-state index contributed by atoms with van der Waals surface area (Å²) in [4.78, 5) is 0. The molecule has 0 radical (unpaired) electrons. The van der Waals surface area contributed by atoms with E-state index in [0.29, 0.717) is 27.5 Å². The fourth-order valence-corrected chi connectivity index (χ4v) is 7.18. The fraction of sp³-hybridized carbons (Fsp3) is 0. The van der Waals surface area contributed by atoms with Crippen LogP contribution in [-0.2, 0) is 0 Å². The van der Waals surface area contributed by atoms with Gasteiger partial charge in [0.05, 0.1) is 17.8 Å². The van der Waals surface area contributed by atoms with Gasteiger partial charge in [0.25, 0.3) is 0 Å². The minimum Gasteiger partial charge on any atom is -0.456 e. The summed E-state index contributed by atoms with van der Waals surface area (Å²) in [6, 6.07) is 28.8. The Balaban J connectivity index is 1.32. The van der Waals surface area contributed by atoms with Crippen molar-refractivity contribution in [2.24, 2.45) is 0 Å². The highest BCUT2D eigenvalue weighted by Crippen LogP contribution is 2.47. The van der Waals surface area contributed by atoms with Gasteiger partial charge in [-0.1, -0.05) is 176 Å². The van der Waals surface area contributed by atoms with E-state index in [2.05, 4.69) is 36.4 Å². The van der Waals surface area contributed by atoms with Gasteiger partial charge in [-0.3, -0.25) is 0 Å². The lowest BCUT2D eigenvalue weighted by Crippen LogP contribution is -1.91. The SMILES string of the molecule is [2H]c1c([2H])c([2H])c(-c2c3c([2H])c([2H])c([2H])c([2H])c3c(-c3cccc4oc5ccc(-c6ccccc6-c6ccc(-c7ccccc7)cc6)cc5c34)c3c([2H])c([2H])c([2H])c([2H])c23)c([2H])c1[2H]. The summed E-state index contributed by atoms with van der Waals surface area (Å²) in [6.45, 7) is 0. The quantitative estimate of drug-likeness (QED) is 0.167. The summed E-state index contributed by atoms with van der Waals surface area (Å²) in [6.07, 6.45) is 0. The van der Waals surface area contributed by atoms with Crippen LogP contribution in [0.2, 0.25) is 0 Å². The maximum absolute atomic E-state index is 9.44. The van der Waals surface area contributed by atoms with Crippen LogP contribution in [0.4, 0.5) is 0 Å². The van der Waals surface area contributed by atoms with Gasteiger partial charge in [-0.2, -0.15) is 0 Å². The lowest BCUT2D eigenvalue weighted by Gasteiger charge is -2.18. The van der Waals surface area contributed by atoms with Gasteiger partial charge < -0.3 is 4.42 Å². The molecule has 1 nitrogen and oxygen atoms in total. The zero-order chi connectivity index (χ0) is 45.0. The van der Waals surface area contributed by atoms with Gasteiger partial charge in [-0.25, -0.2) is 0 Å². The highest BCUT2D eigenvalue weighted by Gasteiger charge is 2.20. The molecule has 0 saturated carbocycles. The predicted molar refractivity (Wildman–Crippen MR) is 216 cm³/mol. The van der Waals surface area contributed by atoms with Crippen molar-refractivity contribution < 1.29 is 22.2 Å². The third-order valence-electron chi connectivity index (χ3n) is 9.43. The van der Waals surface area contributed by atoms with Crippen LogP contribution in [-0.4, -0.2) is 0 Å². The first kappa shape index (κ1) is 18.9. The summed E-state index contributed by atoms with van der Waals surface area (Å²) in [5, 5.41) is 0.266. The summed E-state index contributed by atoms with van der Waals surface area (Å²) < 4.78 is 123. The summed E-state index contributed by atoms with van der Waals surface area (Å²) in [5.74, 6) is 0. The van der Waals surface area contributed by atoms with Crippen LogP contribution in [0.25, 0.3) is 99.1 Å². The standard InChI is InChI=1S/C50H32O/c1-3-14-33(15-4-1)34-26-28-35(29-27-34)38-18-7-8-19-39(38)37-30-31-46-45(32-37)50-44(24-13-25-47(50)51-46)49-42-22-11-9-20-40(42)48(36-16-5-2-6-17-36)41-21-10-12-23-43(41)49/h1-32H/i2D,5D,6D,9D,10D,11D,12D,16D,17D,20D,21D,22D,23D. The molecule has 0 fully saturated rings. The van der Waals surface area contributed by atoms with Crippen molar-refractivity contribution in [2.45, 2.75) is 0 Å². The van der Waals surface area contributed by atoms with Crippen LogP contribution >= 0.6 is 0 Å². The fourth-order valence-electron chi connectivity index (χ4n) is 7.18. The molecule has 10 aromatic rings. The average molecular weight is 662 g/mol. The Kier molecular flexibility index (Phi) is 4.45. The smallest absolute Gasteiger partial charge is 0.136 e. The normalized spacial score (nSPS) is 15.1. The zero-order valence-corrected chi connectivity index (χ0v) is 26.9. The molecule has 9 aromatic carbocycles. The number of rotatable bonds is 5. The largest absolute Gasteiger partial charge is 0.456 e. The molecule has 0 spiro atoms. The van der Waals surface area contributed by atoms with Gasteiger partial charge in [0.1, 0.15) is 11.2 Å². The van der Waals surface area contributed by atoms with Gasteiger partial charge in [0.15, 0.2) is 0 Å². The Morgan fingerprint density at radius 2 is 0.863 bits per heavy atom.